The van der Waals surface area contributed by atoms with Crippen molar-refractivity contribution in [3.63, 3.8) is 0 Å². The first-order valence-electron chi connectivity index (χ1n) is 6.09. The van der Waals surface area contributed by atoms with E-state index in [2.05, 4.69) is 9.88 Å². The maximum absolute atomic E-state index is 11.3. The number of primary amides is 1. The van der Waals surface area contributed by atoms with Gasteiger partial charge < -0.3 is 21.1 Å². The Balaban J connectivity index is 1.88. The quantitative estimate of drug-likeness (QED) is 0.775. The molecule has 2 bridgehead atoms. The summed E-state index contributed by atoms with van der Waals surface area (Å²) in [6.45, 7) is 1.62. The number of anilines is 2. The molecule has 1 aromatic rings. The maximum Gasteiger partial charge on any atom is 0.250 e. The van der Waals surface area contributed by atoms with Crippen molar-refractivity contribution < 1.29 is 9.53 Å². The minimum absolute atomic E-state index is 0.278. The van der Waals surface area contributed by atoms with Crippen LogP contribution < -0.4 is 16.4 Å². The standard InChI is InChI=1S/C12H16N4O2/c13-10-4-15-11(3-9(10)12(14)17)16-5-7-1-2-8(6-16)18-7/h3-4,7-8H,1-2,5-6,13H2,(H2,14,17). The molecule has 4 N–H and O–H groups in total. The number of hydrogen-bond donors (Lipinski definition) is 2. The van der Waals surface area contributed by atoms with Crippen molar-refractivity contribution >= 4 is 17.4 Å². The molecule has 6 heteroatoms. The number of carbonyl (C=O) groups excluding carboxylic acids is 1. The van der Waals surface area contributed by atoms with Gasteiger partial charge >= 0.3 is 0 Å². The van der Waals surface area contributed by atoms with Crippen LogP contribution in [-0.2, 0) is 4.74 Å². The fraction of sp³-hybridized carbons (Fsp3) is 0.500. The number of rotatable bonds is 2. The van der Waals surface area contributed by atoms with Gasteiger partial charge in [0.1, 0.15) is 5.82 Å². The lowest BCUT2D eigenvalue weighted by Crippen LogP contribution is -2.43. The summed E-state index contributed by atoms with van der Waals surface area (Å²) in [6.07, 6.45) is 4.24. The number of ether oxygens (including phenoxy) is 1. The normalized spacial score (nSPS) is 26.3. The first-order chi connectivity index (χ1) is 8.63. The number of carbonyl (C=O) groups is 1. The molecule has 2 unspecified atom stereocenters. The van der Waals surface area contributed by atoms with Crippen molar-refractivity contribution in [2.75, 3.05) is 23.7 Å². The van der Waals surface area contributed by atoms with Crippen LogP contribution in [-0.4, -0.2) is 36.2 Å². The molecule has 2 aliphatic heterocycles. The predicted molar refractivity (Wildman–Crippen MR) is 67.3 cm³/mol. The van der Waals surface area contributed by atoms with E-state index >= 15 is 0 Å². The number of hydrogen-bond acceptors (Lipinski definition) is 5. The van der Waals surface area contributed by atoms with Crippen LogP contribution in [0, 0.1) is 0 Å². The second-order valence-corrected chi connectivity index (χ2v) is 4.86. The smallest absolute Gasteiger partial charge is 0.250 e. The van der Waals surface area contributed by atoms with E-state index in [1.807, 2.05) is 0 Å². The number of nitrogens with two attached hydrogens (primary N) is 2. The Morgan fingerprint density at radius 1 is 1.39 bits per heavy atom. The third-order valence-electron chi connectivity index (χ3n) is 3.55. The summed E-state index contributed by atoms with van der Waals surface area (Å²) in [4.78, 5) is 17.7. The first-order valence-corrected chi connectivity index (χ1v) is 6.09. The van der Waals surface area contributed by atoms with E-state index in [1.165, 1.54) is 6.20 Å². The fourth-order valence-electron chi connectivity index (χ4n) is 2.64. The van der Waals surface area contributed by atoms with Crippen LogP contribution in [0.1, 0.15) is 23.2 Å². The van der Waals surface area contributed by atoms with Crippen molar-refractivity contribution in [1.29, 1.82) is 0 Å². The van der Waals surface area contributed by atoms with E-state index in [1.54, 1.807) is 6.07 Å². The van der Waals surface area contributed by atoms with Gasteiger partial charge in [-0.15, -0.1) is 0 Å². The summed E-state index contributed by atoms with van der Waals surface area (Å²) >= 11 is 0. The van der Waals surface area contributed by atoms with E-state index in [0.29, 0.717) is 11.3 Å². The van der Waals surface area contributed by atoms with Crippen molar-refractivity contribution in [2.45, 2.75) is 25.0 Å². The van der Waals surface area contributed by atoms with Crippen LogP contribution in [0.4, 0.5) is 11.5 Å². The Morgan fingerprint density at radius 2 is 2.06 bits per heavy atom. The Morgan fingerprint density at radius 3 is 2.67 bits per heavy atom. The molecular formula is C12H16N4O2. The van der Waals surface area contributed by atoms with Gasteiger partial charge in [0.25, 0.3) is 5.91 Å². The fourth-order valence-corrected chi connectivity index (χ4v) is 2.64. The largest absolute Gasteiger partial charge is 0.397 e. The van der Waals surface area contributed by atoms with Crippen LogP contribution in [0.2, 0.25) is 0 Å². The number of nitrogens with zero attached hydrogens (tertiary/aromatic N) is 2. The van der Waals surface area contributed by atoms with E-state index < -0.39 is 5.91 Å². The average Bonchev–Trinajstić information content (AvgIpc) is 2.68. The number of aromatic nitrogens is 1. The second kappa shape index (κ2) is 4.13. The zero-order valence-electron chi connectivity index (χ0n) is 10.0. The summed E-state index contributed by atoms with van der Waals surface area (Å²) in [5.41, 5.74) is 11.6. The molecule has 6 nitrogen and oxygen atoms in total. The molecule has 2 aliphatic rings. The SMILES string of the molecule is NC(=O)c1cc(N2CC3CCC(C2)O3)ncc1N. The van der Waals surface area contributed by atoms with Crippen molar-refractivity contribution in [3.05, 3.63) is 17.8 Å². The highest BCUT2D eigenvalue weighted by Crippen LogP contribution is 2.29. The van der Waals surface area contributed by atoms with Gasteiger partial charge in [-0.3, -0.25) is 4.79 Å². The zero-order chi connectivity index (χ0) is 12.7. The molecule has 3 rings (SSSR count). The van der Waals surface area contributed by atoms with Crippen molar-refractivity contribution in [3.8, 4) is 0 Å². The van der Waals surface area contributed by atoms with Gasteiger partial charge in [0.15, 0.2) is 0 Å². The molecule has 0 aromatic carbocycles. The highest BCUT2D eigenvalue weighted by molar-refractivity contribution is 5.98. The molecule has 3 heterocycles. The van der Waals surface area contributed by atoms with Gasteiger partial charge in [-0.2, -0.15) is 0 Å². The number of pyridine rings is 1. The van der Waals surface area contributed by atoms with E-state index in [4.69, 9.17) is 16.2 Å². The zero-order valence-corrected chi connectivity index (χ0v) is 10.0. The average molecular weight is 248 g/mol. The van der Waals surface area contributed by atoms with Gasteiger partial charge in [0, 0.05) is 13.1 Å². The minimum atomic E-state index is -0.521. The molecule has 2 atom stereocenters. The second-order valence-electron chi connectivity index (χ2n) is 4.86. The predicted octanol–water partition coefficient (Wildman–Crippen LogP) is 0.130. The highest BCUT2D eigenvalue weighted by atomic mass is 16.5. The summed E-state index contributed by atoms with van der Waals surface area (Å²) in [7, 11) is 0. The Bertz CT molecular complexity index is 479. The van der Waals surface area contributed by atoms with Gasteiger partial charge in [-0.25, -0.2) is 4.98 Å². The Kier molecular flexibility index (Phi) is 2.59. The lowest BCUT2D eigenvalue weighted by atomic mass is 10.2. The van der Waals surface area contributed by atoms with Gasteiger partial charge in [0.05, 0.1) is 29.7 Å². The molecule has 0 aliphatic carbocycles. The van der Waals surface area contributed by atoms with Crippen LogP contribution in [0.3, 0.4) is 0 Å². The summed E-state index contributed by atoms with van der Waals surface area (Å²) in [5, 5.41) is 0. The molecule has 96 valence electrons. The summed E-state index contributed by atoms with van der Waals surface area (Å²) in [6, 6.07) is 1.67. The number of fused-ring (bicyclic) bond motifs is 2. The van der Waals surface area contributed by atoms with Gasteiger partial charge in [0.2, 0.25) is 0 Å². The van der Waals surface area contributed by atoms with Crippen LogP contribution >= 0.6 is 0 Å². The van der Waals surface area contributed by atoms with Crippen molar-refractivity contribution in [2.24, 2.45) is 5.73 Å². The molecule has 1 amide bonds. The highest BCUT2D eigenvalue weighted by Gasteiger charge is 2.34. The van der Waals surface area contributed by atoms with Crippen LogP contribution in [0.5, 0.6) is 0 Å². The topological polar surface area (TPSA) is 94.5 Å². The lowest BCUT2D eigenvalue weighted by molar-refractivity contribution is 0.0302. The summed E-state index contributed by atoms with van der Waals surface area (Å²) < 4.78 is 5.76. The molecular weight excluding hydrogens is 232 g/mol. The lowest BCUT2D eigenvalue weighted by Gasteiger charge is -2.33. The molecule has 0 radical (unpaired) electrons. The first kappa shape index (κ1) is 11.3. The Labute approximate surface area is 105 Å². The van der Waals surface area contributed by atoms with E-state index in [0.717, 1.165) is 31.7 Å². The molecule has 2 fully saturated rings. The minimum Gasteiger partial charge on any atom is -0.397 e. The van der Waals surface area contributed by atoms with Gasteiger partial charge in [-0.05, 0) is 18.9 Å². The van der Waals surface area contributed by atoms with Crippen LogP contribution in [0.15, 0.2) is 12.3 Å². The molecule has 2 saturated heterocycles. The van der Waals surface area contributed by atoms with E-state index in [9.17, 15) is 4.79 Å². The maximum atomic E-state index is 11.3. The molecule has 0 saturated carbocycles. The van der Waals surface area contributed by atoms with Gasteiger partial charge in [-0.1, -0.05) is 0 Å². The monoisotopic (exact) mass is 248 g/mol. The summed E-state index contributed by atoms with van der Waals surface area (Å²) in [5.74, 6) is 0.227. The molecule has 18 heavy (non-hydrogen) atoms. The number of morpholine rings is 1. The third kappa shape index (κ3) is 1.88. The Hall–Kier alpha value is -1.82. The molecule has 0 spiro atoms. The number of nitrogen functional groups attached to an aromatic ring is 1. The number of amides is 1. The third-order valence-corrected chi connectivity index (χ3v) is 3.55. The van der Waals surface area contributed by atoms with Crippen molar-refractivity contribution in [1.82, 2.24) is 4.98 Å². The molecule has 1 aromatic heterocycles. The van der Waals surface area contributed by atoms with Crippen LogP contribution in [0.25, 0.3) is 0 Å². The van der Waals surface area contributed by atoms with E-state index in [-0.39, 0.29) is 12.2 Å².